The number of aromatic amines is 1. The van der Waals surface area contributed by atoms with E-state index >= 15 is 0 Å². The number of hydrogen-bond acceptors (Lipinski definition) is 4. The SMILES string of the molecule is CCC1(C(=O)NCc2cc3cc(F)c(OCc4cscn4)cc3[nH]2)CC1. The fraction of sp³-hybridized carbons (Fsp3) is 0.368. The molecule has 3 aromatic rings. The summed E-state index contributed by atoms with van der Waals surface area (Å²) in [4.78, 5) is 19.6. The van der Waals surface area contributed by atoms with Crippen LogP contribution in [0.1, 0.15) is 37.6 Å². The lowest BCUT2D eigenvalue weighted by Gasteiger charge is -2.11. The molecule has 1 fully saturated rings. The number of H-pyrrole nitrogens is 1. The van der Waals surface area contributed by atoms with Gasteiger partial charge in [0.05, 0.1) is 17.7 Å². The summed E-state index contributed by atoms with van der Waals surface area (Å²) in [5.41, 5.74) is 3.95. The minimum absolute atomic E-state index is 0.108. The number of hydrogen-bond donors (Lipinski definition) is 2. The molecule has 2 aromatic heterocycles. The molecule has 4 rings (SSSR count). The average molecular weight is 373 g/mol. The predicted octanol–water partition coefficient (Wildman–Crippen LogP) is 4.15. The number of rotatable bonds is 7. The van der Waals surface area contributed by atoms with Crippen LogP contribution in [0.25, 0.3) is 10.9 Å². The number of amides is 1. The van der Waals surface area contributed by atoms with E-state index in [4.69, 9.17) is 4.74 Å². The molecular formula is C19H20FN3O2S. The number of carbonyl (C=O) groups excluding carboxylic acids is 1. The van der Waals surface area contributed by atoms with E-state index in [1.54, 1.807) is 11.6 Å². The number of carbonyl (C=O) groups is 1. The fourth-order valence-corrected chi connectivity index (χ4v) is 3.66. The van der Waals surface area contributed by atoms with Gasteiger partial charge in [0.25, 0.3) is 0 Å². The highest BCUT2D eigenvalue weighted by atomic mass is 32.1. The Bertz CT molecular complexity index is 932. The Labute approximate surface area is 154 Å². The molecule has 1 aliphatic rings. The first kappa shape index (κ1) is 17.0. The molecule has 1 amide bonds. The molecule has 0 unspecified atom stereocenters. The summed E-state index contributed by atoms with van der Waals surface area (Å²) >= 11 is 1.47. The van der Waals surface area contributed by atoms with Crippen LogP contribution < -0.4 is 10.1 Å². The molecule has 2 N–H and O–H groups in total. The van der Waals surface area contributed by atoms with E-state index < -0.39 is 5.82 Å². The van der Waals surface area contributed by atoms with Crippen LogP contribution in [0.5, 0.6) is 5.75 Å². The maximum absolute atomic E-state index is 14.3. The third-order valence-electron chi connectivity index (χ3n) is 5.04. The van der Waals surface area contributed by atoms with Gasteiger partial charge in [0, 0.05) is 33.5 Å². The van der Waals surface area contributed by atoms with Gasteiger partial charge in [0.1, 0.15) is 6.61 Å². The number of halogens is 1. The molecule has 26 heavy (non-hydrogen) atoms. The summed E-state index contributed by atoms with van der Waals surface area (Å²) < 4.78 is 19.8. The molecule has 1 aromatic carbocycles. The third kappa shape index (κ3) is 3.31. The van der Waals surface area contributed by atoms with Gasteiger partial charge in [-0.25, -0.2) is 9.37 Å². The van der Waals surface area contributed by atoms with Crippen molar-refractivity contribution in [3.05, 3.63) is 46.3 Å². The number of benzene rings is 1. The molecule has 5 nitrogen and oxygen atoms in total. The summed E-state index contributed by atoms with van der Waals surface area (Å²) in [6, 6.07) is 4.95. The summed E-state index contributed by atoms with van der Waals surface area (Å²) in [6.07, 6.45) is 2.80. The number of ether oxygens (including phenoxy) is 1. The number of thiazole rings is 1. The first-order valence-corrected chi connectivity index (χ1v) is 9.63. The van der Waals surface area contributed by atoms with Crippen molar-refractivity contribution >= 4 is 28.1 Å². The van der Waals surface area contributed by atoms with Gasteiger partial charge in [0.2, 0.25) is 5.91 Å². The number of nitrogens with zero attached hydrogens (tertiary/aromatic N) is 1. The molecule has 0 radical (unpaired) electrons. The van der Waals surface area contributed by atoms with Crippen molar-refractivity contribution in [1.29, 1.82) is 0 Å². The zero-order valence-electron chi connectivity index (χ0n) is 14.5. The van der Waals surface area contributed by atoms with Gasteiger partial charge in [-0.2, -0.15) is 0 Å². The molecule has 0 saturated heterocycles. The second-order valence-corrected chi connectivity index (χ2v) is 7.47. The van der Waals surface area contributed by atoms with E-state index in [2.05, 4.69) is 15.3 Å². The van der Waals surface area contributed by atoms with E-state index in [1.165, 1.54) is 17.4 Å². The zero-order chi connectivity index (χ0) is 18.1. The van der Waals surface area contributed by atoms with Crippen LogP contribution in [0.4, 0.5) is 4.39 Å². The Kier molecular flexibility index (Phi) is 4.40. The fourth-order valence-electron chi connectivity index (χ4n) is 3.11. The maximum Gasteiger partial charge on any atom is 0.226 e. The van der Waals surface area contributed by atoms with Gasteiger partial charge in [-0.1, -0.05) is 6.92 Å². The van der Waals surface area contributed by atoms with E-state index in [0.29, 0.717) is 6.54 Å². The van der Waals surface area contributed by atoms with Crippen molar-refractivity contribution in [3.8, 4) is 5.75 Å². The highest BCUT2D eigenvalue weighted by Crippen LogP contribution is 2.48. The Morgan fingerprint density at radius 3 is 2.96 bits per heavy atom. The highest BCUT2D eigenvalue weighted by Gasteiger charge is 2.47. The lowest BCUT2D eigenvalue weighted by Crippen LogP contribution is -2.31. The van der Waals surface area contributed by atoms with Crippen LogP contribution >= 0.6 is 11.3 Å². The molecule has 0 bridgehead atoms. The molecule has 0 spiro atoms. The molecule has 7 heteroatoms. The van der Waals surface area contributed by atoms with Gasteiger partial charge in [-0.05, 0) is 31.4 Å². The quantitative estimate of drug-likeness (QED) is 0.654. The predicted molar refractivity (Wildman–Crippen MR) is 98.5 cm³/mol. The van der Waals surface area contributed by atoms with Crippen molar-refractivity contribution in [2.24, 2.45) is 5.41 Å². The second kappa shape index (κ2) is 6.72. The van der Waals surface area contributed by atoms with Crippen molar-refractivity contribution in [2.45, 2.75) is 39.3 Å². The lowest BCUT2D eigenvalue weighted by atomic mass is 10.0. The molecule has 1 aliphatic carbocycles. The van der Waals surface area contributed by atoms with Crippen molar-refractivity contribution in [1.82, 2.24) is 15.3 Å². The minimum Gasteiger partial charge on any atom is -0.484 e. The van der Waals surface area contributed by atoms with E-state index in [9.17, 15) is 9.18 Å². The topological polar surface area (TPSA) is 67.0 Å². The smallest absolute Gasteiger partial charge is 0.226 e. The van der Waals surface area contributed by atoms with Crippen LogP contribution in [0.2, 0.25) is 0 Å². The molecule has 0 atom stereocenters. The Morgan fingerprint density at radius 2 is 2.27 bits per heavy atom. The third-order valence-corrected chi connectivity index (χ3v) is 5.67. The normalized spacial score (nSPS) is 15.2. The van der Waals surface area contributed by atoms with Gasteiger partial charge >= 0.3 is 0 Å². The zero-order valence-corrected chi connectivity index (χ0v) is 15.3. The summed E-state index contributed by atoms with van der Waals surface area (Å²) in [7, 11) is 0. The van der Waals surface area contributed by atoms with Gasteiger partial charge in [0.15, 0.2) is 11.6 Å². The first-order valence-electron chi connectivity index (χ1n) is 8.69. The highest BCUT2D eigenvalue weighted by molar-refractivity contribution is 7.07. The van der Waals surface area contributed by atoms with Gasteiger partial charge < -0.3 is 15.0 Å². The standard InChI is InChI=1S/C19H20FN3O2S/c1-2-19(3-4-19)18(24)21-8-13-5-12-6-15(20)17(7-16(12)23-13)25-9-14-10-26-11-22-14/h5-7,10-11,23H,2-4,8-9H2,1H3,(H,21,24). The molecule has 1 saturated carbocycles. The van der Waals surface area contributed by atoms with Crippen LogP contribution in [0.3, 0.4) is 0 Å². The van der Waals surface area contributed by atoms with Crippen LogP contribution in [0.15, 0.2) is 29.1 Å². The second-order valence-electron chi connectivity index (χ2n) is 6.75. The molecule has 2 heterocycles. The van der Waals surface area contributed by atoms with Crippen molar-refractivity contribution in [2.75, 3.05) is 0 Å². The minimum atomic E-state index is -0.412. The Balaban J connectivity index is 1.45. The van der Waals surface area contributed by atoms with Crippen LogP contribution in [0, 0.1) is 11.2 Å². The van der Waals surface area contributed by atoms with E-state index in [-0.39, 0.29) is 23.7 Å². The van der Waals surface area contributed by atoms with Crippen molar-refractivity contribution in [3.63, 3.8) is 0 Å². The van der Waals surface area contributed by atoms with Gasteiger partial charge in [-0.3, -0.25) is 4.79 Å². The van der Waals surface area contributed by atoms with Gasteiger partial charge in [-0.15, -0.1) is 11.3 Å². The first-order chi connectivity index (χ1) is 12.6. The number of fused-ring (bicyclic) bond motifs is 1. The monoisotopic (exact) mass is 373 g/mol. The molecule has 0 aliphatic heterocycles. The number of aromatic nitrogens is 2. The van der Waals surface area contributed by atoms with E-state index in [0.717, 1.165) is 41.6 Å². The van der Waals surface area contributed by atoms with Crippen LogP contribution in [-0.4, -0.2) is 15.9 Å². The molecular weight excluding hydrogens is 353 g/mol. The summed E-state index contributed by atoms with van der Waals surface area (Å²) in [5.74, 6) is -0.117. The average Bonchev–Trinajstić information content (AvgIpc) is 3.08. The molecule has 136 valence electrons. The largest absolute Gasteiger partial charge is 0.484 e. The lowest BCUT2D eigenvalue weighted by molar-refractivity contribution is -0.126. The van der Waals surface area contributed by atoms with Crippen molar-refractivity contribution < 1.29 is 13.9 Å². The Hall–Kier alpha value is -2.41. The maximum atomic E-state index is 14.3. The van der Waals surface area contributed by atoms with Crippen LogP contribution in [-0.2, 0) is 17.9 Å². The Morgan fingerprint density at radius 1 is 1.42 bits per heavy atom. The van der Waals surface area contributed by atoms with E-state index in [1.807, 2.05) is 18.4 Å². The summed E-state index contributed by atoms with van der Waals surface area (Å²) in [6.45, 7) is 2.69. The number of nitrogens with one attached hydrogen (secondary N) is 2. The summed E-state index contributed by atoms with van der Waals surface area (Å²) in [5, 5.41) is 5.61.